The smallest absolute Gasteiger partial charge is 0.274 e. The van der Waals surface area contributed by atoms with Gasteiger partial charge in [-0.05, 0) is 38.3 Å². The zero-order valence-electron chi connectivity index (χ0n) is 12.1. The highest BCUT2D eigenvalue weighted by molar-refractivity contribution is 9.10. The number of hydrogen-bond acceptors (Lipinski definition) is 5. The van der Waals surface area contributed by atoms with Crippen molar-refractivity contribution >= 4 is 31.6 Å². The monoisotopic (exact) mass is 391 g/mol. The fourth-order valence-electron chi connectivity index (χ4n) is 2.73. The number of nitro groups is 1. The number of nitrogens with one attached hydrogen (secondary N) is 1. The van der Waals surface area contributed by atoms with E-state index in [9.17, 15) is 18.5 Å². The van der Waals surface area contributed by atoms with Gasteiger partial charge in [0.1, 0.15) is 0 Å². The summed E-state index contributed by atoms with van der Waals surface area (Å²) in [5, 5.41) is 11.0. The summed E-state index contributed by atoms with van der Waals surface area (Å²) in [6.45, 7) is 1.98. The lowest BCUT2D eigenvalue weighted by Gasteiger charge is -2.19. The maximum atomic E-state index is 12.5. The molecule has 1 aromatic rings. The molecular weight excluding hydrogens is 374 g/mol. The molecular formula is C13H18BrN3O4S. The van der Waals surface area contributed by atoms with Gasteiger partial charge in [0.15, 0.2) is 0 Å². The molecule has 3 N–H and O–H groups in total. The standard InChI is InChI=1S/C13H18BrN3O4S/c1-8-11(14)5-10(6-13(8)17(18)19)22(20,21)16-12-4-2-3-9(12)7-15/h5-6,9,12,16H,2-4,7,15H2,1H3. The van der Waals surface area contributed by atoms with Gasteiger partial charge < -0.3 is 5.73 Å². The summed E-state index contributed by atoms with van der Waals surface area (Å²) in [6.07, 6.45) is 2.55. The van der Waals surface area contributed by atoms with Crippen molar-refractivity contribution in [3.63, 3.8) is 0 Å². The van der Waals surface area contributed by atoms with E-state index in [-0.39, 0.29) is 22.5 Å². The molecule has 1 aliphatic rings. The van der Waals surface area contributed by atoms with Crippen LogP contribution in [0.3, 0.4) is 0 Å². The Balaban J connectivity index is 2.35. The fourth-order valence-corrected chi connectivity index (χ4v) is 4.71. The van der Waals surface area contributed by atoms with Gasteiger partial charge in [0.25, 0.3) is 5.69 Å². The molecule has 9 heteroatoms. The van der Waals surface area contributed by atoms with Gasteiger partial charge in [-0.3, -0.25) is 10.1 Å². The average Bonchev–Trinajstić information content (AvgIpc) is 2.87. The molecule has 2 rings (SSSR count). The lowest BCUT2D eigenvalue weighted by molar-refractivity contribution is -0.385. The summed E-state index contributed by atoms with van der Waals surface area (Å²) in [5.74, 6) is 0.110. The van der Waals surface area contributed by atoms with Gasteiger partial charge >= 0.3 is 0 Å². The second-order valence-corrected chi connectivity index (χ2v) is 8.03. The quantitative estimate of drug-likeness (QED) is 0.588. The normalized spacial score (nSPS) is 22.0. The predicted molar refractivity (Wildman–Crippen MR) is 86.0 cm³/mol. The van der Waals surface area contributed by atoms with Crippen LogP contribution in [0.4, 0.5) is 5.69 Å². The summed E-state index contributed by atoms with van der Waals surface area (Å²) in [5.41, 5.74) is 5.83. The molecule has 0 amide bonds. The Bertz CT molecular complexity index is 693. The molecule has 0 heterocycles. The van der Waals surface area contributed by atoms with Crippen molar-refractivity contribution in [3.05, 3.63) is 32.3 Å². The number of halogens is 1. The lowest BCUT2D eigenvalue weighted by atomic mass is 10.1. The molecule has 0 radical (unpaired) electrons. The topological polar surface area (TPSA) is 115 Å². The maximum Gasteiger partial charge on any atom is 0.274 e. The van der Waals surface area contributed by atoms with Crippen molar-refractivity contribution in [2.24, 2.45) is 11.7 Å². The Morgan fingerprint density at radius 3 is 2.73 bits per heavy atom. The molecule has 0 bridgehead atoms. The largest absolute Gasteiger partial charge is 0.330 e. The molecule has 0 spiro atoms. The number of rotatable bonds is 5. The van der Waals surface area contributed by atoms with Crippen molar-refractivity contribution in [2.45, 2.75) is 37.1 Å². The average molecular weight is 392 g/mol. The first-order valence-corrected chi connectivity index (χ1v) is 9.21. The van der Waals surface area contributed by atoms with Crippen LogP contribution < -0.4 is 10.5 Å². The van der Waals surface area contributed by atoms with Crippen LogP contribution >= 0.6 is 15.9 Å². The fraction of sp³-hybridized carbons (Fsp3) is 0.538. The highest BCUT2D eigenvalue weighted by atomic mass is 79.9. The van der Waals surface area contributed by atoms with E-state index < -0.39 is 14.9 Å². The molecule has 2 atom stereocenters. The third-order valence-corrected chi connectivity index (χ3v) is 6.36. The molecule has 2 unspecified atom stereocenters. The van der Waals surface area contributed by atoms with Gasteiger partial charge in [-0.25, -0.2) is 13.1 Å². The van der Waals surface area contributed by atoms with Crippen LogP contribution in [0, 0.1) is 23.0 Å². The molecule has 0 aromatic heterocycles. The second-order valence-electron chi connectivity index (χ2n) is 5.46. The predicted octanol–water partition coefficient (Wildman–Crippen LogP) is 2.07. The van der Waals surface area contributed by atoms with E-state index in [1.807, 2.05) is 0 Å². The molecule has 1 saturated carbocycles. The maximum absolute atomic E-state index is 12.5. The number of sulfonamides is 1. The summed E-state index contributed by atoms with van der Waals surface area (Å²) in [4.78, 5) is 10.4. The van der Waals surface area contributed by atoms with E-state index in [0.717, 1.165) is 25.3 Å². The van der Waals surface area contributed by atoms with E-state index >= 15 is 0 Å². The van der Waals surface area contributed by atoms with E-state index in [0.29, 0.717) is 16.6 Å². The zero-order chi connectivity index (χ0) is 16.5. The first-order chi connectivity index (χ1) is 10.3. The Kier molecular flexibility index (Phi) is 5.21. The Morgan fingerprint density at radius 2 is 2.14 bits per heavy atom. The van der Waals surface area contributed by atoms with Gasteiger partial charge in [-0.1, -0.05) is 22.4 Å². The van der Waals surface area contributed by atoms with Gasteiger partial charge in [0.05, 0.1) is 9.82 Å². The van der Waals surface area contributed by atoms with Crippen LogP contribution in [-0.2, 0) is 10.0 Å². The summed E-state index contributed by atoms with van der Waals surface area (Å²) in [6, 6.07) is 2.26. The third-order valence-electron chi connectivity index (χ3n) is 4.07. The number of benzene rings is 1. The van der Waals surface area contributed by atoms with E-state index in [4.69, 9.17) is 5.73 Å². The van der Waals surface area contributed by atoms with Crippen molar-refractivity contribution < 1.29 is 13.3 Å². The van der Waals surface area contributed by atoms with Crippen LogP contribution in [0.5, 0.6) is 0 Å². The molecule has 0 saturated heterocycles. The van der Waals surface area contributed by atoms with Crippen molar-refractivity contribution in [1.82, 2.24) is 4.72 Å². The first-order valence-electron chi connectivity index (χ1n) is 6.93. The first kappa shape index (κ1) is 17.3. The van der Waals surface area contributed by atoms with Crippen LogP contribution in [0.25, 0.3) is 0 Å². The third kappa shape index (κ3) is 3.48. The van der Waals surface area contributed by atoms with Crippen LogP contribution in [0.1, 0.15) is 24.8 Å². The van der Waals surface area contributed by atoms with Gasteiger partial charge in [-0.15, -0.1) is 0 Å². The minimum Gasteiger partial charge on any atom is -0.330 e. The van der Waals surface area contributed by atoms with E-state index in [2.05, 4.69) is 20.7 Å². The van der Waals surface area contributed by atoms with Crippen LogP contribution in [0.15, 0.2) is 21.5 Å². The summed E-state index contributed by atoms with van der Waals surface area (Å²) in [7, 11) is -3.82. The number of nitrogens with two attached hydrogens (primary N) is 1. The number of nitro benzene ring substituents is 1. The molecule has 1 aliphatic carbocycles. The molecule has 22 heavy (non-hydrogen) atoms. The van der Waals surface area contributed by atoms with Crippen molar-refractivity contribution in [1.29, 1.82) is 0 Å². The molecule has 0 aliphatic heterocycles. The van der Waals surface area contributed by atoms with Crippen LogP contribution in [-0.4, -0.2) is 25.9 Å². The number of nitrogens with zero attached hydrogens (tertiary/aromatic N) is 1. The molecule has 1 aromatic carbocycles. The van der Waals surface area contributed by atoms with Crippen molar-refractivity contribution in [3.8, 4) is 0 Å². The van der Waals surface area contributed by atoms with Gasteiger partial charge in [0, 0.05) is 22.1 Å². The van der Waals surface area contributed by atoms with Gasteiger partial charge in [-0.2, -0.15) is 0 Å². The highest BCUT2D eigenvalue weighted by Gasteiger charge is 2.31. The minimum absolute atomic E-state index is 0.110. The summed E-state index contributed by atoms with van der Waals surface area (Å²) < 4.78 is 28.0. The summed E-state index contributed by atoms with van der Waals surface area (Å²) >= 11 is 3.18. The zero-order valence-corrected chi connectivity index (χ0v) is 14.5. The van der Waals surface area contributed by atoms with Gasteiger partial charge in [0.2, 0.25) is 10.0 Å². The Hall–Kier alpha value is -1.03. The molecule has 122 valence electrons. The Labute approximate surface area is 137 Å². The Morgan fingerprint density at radius 1 is 1.45 bits per heavy atom. The highest BCUT2D eigenvalue weighted by Crippen LogP contribution is 2.31. The second kappa shape index (κ2) is 6.61. The van der Waals surface area contributed by atoms with Crippen LogP contribution in [0.2, 0.25) is 0 Å². The number of hydrogen-bond donors (Lipinski definition) is 2. The lowest BCUT2D eigenvalue weighted by Crippen LogP contribution is -2.39. The minimum atomic E-state index is -3.82. The van der Waals surface area contributed by atoms with Crippen molar-refractivity contribution in [2.75, 3.05) is 6.54 Å². The van der Waals surface area contributed by atoms with E-state index in [1.165, 1.54) is 6.07 Å². The molecule has 1 fully saturated rings. The van der Waals surface area contributed by atoms with E-state index in [1.54, 1.807) is 6.92 Å². The SMILES string of the molecule is Cc1c(Br)cc(S(=O)(=O)NC2CCCC2CN)cc1[N+](=O)[O-]. The molecule has 7 nitrogen and oxygen atoms in total.